The van der Waals surface area contributed by atoms with E-state index >= 15 is 0 Å². The molecule has 2 aromatic rings. The molecule has 0 fully saturated rings. The number of nitrogens with one attached hydrogen (secondary N) is 2. The SMILES string of the molecule is CC(C)C[C@H](CO)Nc1nc(C[C@@H](C)c2c(F)ccc(F)c2F)nc(NS(C)(=O)=O)n1. The first kappa shape index (κ1) is 24.8. The lowest BCUT2D eigenvalue weighted by atomic mass is 9.96. The van der Waals surface area contributed by atoms with E-state index in [2.05, 4.69) is 25.0 Å². The highest BCUT2D eigenvalue weighted by Crippen LogP contribution is 2.27. The van der Waals surface area contributed by atoms with Crippen molar-refractivity contribution in [3.05, 3.63) is 41.0 Å². The van der Waals surface area contributed by atoms with Gasteiger partial charge in [-0.2, -0.15) is 15.0 Å². The van der Waals surface area contributed by atoms with Crippen molar-refractivity contribution in [1.82, 2.24) is 15.0 Å². The number of halogens is 3. The van der Waals surface area contributed by atoms with Crippen LogP contribution in [0.3, 0.4) is 0 Å². The topological polar surface area (TPSA) is 117 Å². The van der Waals surface area contributed by atoms with E-state index in [4.69, 9.17) is 0 Å². The van der Waals surface area contributed by atoms with Crippen LogP contribution in [0.2, 0.25) is 0 Å². The van der Waals surface area contributed by atoms with Crippen LogP contribution in [0, 0.1) is 23.4 Å². The van der Waals surface area contributed by atoms with Crippen molar-refractivity contribution in [2.75, 3.05) is 22.9 Å². The smallest absolute Gasteiger partial charge is 0.241 e. The number of hydrogen-bond acceptors (Lipinski definition) is 7. The Hall–Kier alpha value is -2.47. The van der Waals surface area contributed by atoms with Gasteiger partial charge in [0.1, 0.15) is 11.6 Å². The molecule has 0 saturated carbocycles. The van der Waals surface area contributed by atoms with Crippen LogP contribution in [-0.2, 0) is 16.4 Å². The summed E-state index contributed by atoms with van der Waals surface area (Å²) in [6.07, 6.45) is 1.38. The second-order valence-corrected chi connectivity index (χ2v) is 9.54. The molecule has 3 N–H and O–H groups in total. The number of aliphatic hydroxyl groups excluding tert-OH is 1. The number of sulfonamides is 1. The Morgan fingerprint density at radius 1 is 1.03 bits per heavy atom. The predicted octanol–water partition coefficient (Wildman–Crippen LogP) is 2.83. The van der Waals surface area contributed by atoms with Crippen molar-refractivity contribution in [2.24, 2.45) is 5.92 Å². The fourth-order valence-electron chi connectivity index (χ4n) is 3.09. The number of aliphatic hydroxyl groups is 1. The summed E-state index contributed by atoms with van der Waals surface area (Å²) in [6, 6.07) is 1.12. The van der Waals surface area contributed by atoms with Gasteiger partial charge in [-0.3, -0.25) is 4.72 Å². The Morgan fingerprint density at radius 2 is 1.65 bits per heavy atom. The molecule has 0 amide bonds. The third-order valence-corrected chi connectivity index (χ3v) is 4.88. The van der Waals surface area contributed by atoms with Crippen molar-refractivity contribution in [3.63, 3.8) is 0 Å². The monoisotopic (exact) mass is 461 g/mol. The maximum Gasteiger partial charge on any atom is 0.241 e. The van der Waals surface area contributed by atoms with Gasteiger partial charge in [0.2, 0.25) is 21.9 Å². The second kappa shape index (κ2) is 10.2. The van der Waals surface area contributed by atoms with Gasteiger partial charge >= 0.3 is 0 Å². The molecule has 172 valence electrons. The first-order valence-electron chi connectivity index (χ1n) is 9.63. The van der Waals surface area contributed by atoms with E-state index in [1.807, 2.05) is 13.8 Å². The van der Waals surface area contributed by atoms with Crippen molar-refractivity contribution < 1.29 is 26.7 Å². The lowest BCUT2D eigenvalue weighted by Crippen LogP contribution is -2.27. The summed E-state index contributed by atoms with van der Waals surface area (Å²) in [6.45, 7) is 5.17. The number of aromatic nitrogens is 3. The van der Waals surface area contributed by atoms with Crippen molar-refractivity contribution >= 4 is 21.9 Å². The molecule has 12 heteroatoms. The summed E-state index contributed by atoms with van der Waals surface area (Å²) in [5.74, 6) is -4.27. The van der Waals surface area contributed by atoms with Crippen LogP contribution >= 0.6 is 0 Å². The molecule has 2 atom stereocenters. The number of nitrogens with zero attached hydrogens (tertiary/aromatic N) is 3. The third kappa shape index (κ3) is 7.31. The number of hydrogen-bond donors (Lipinski definition) is 3. The minimum absolute atomic E-state index is 0.0109. The van der Waals surface area contributed by atoms with E-state index in [0.717, 1.165) is 12.3 Å². The van der Waals surface area contributed by atoms with Crippen LogP contribution in [0.25, 0.3) is 0 Å². The molecule has 0 unspecified atom stereocenters. The van der Waals surface area contributed by atoms with E-state index in [9.17, 15) is 26.7 Å². The molecule has 0 aliphatic rings. The van der Waals surface area contributed by atoms with Gasteiger partial charge in [0, 0.05) is 12.0 Å². The van der Waals surface area contributed by atoms with E-state index in [0.29, 0.717) is 12.5 Å². The van der Waals surface area contributed by atoms with E-state index in [1.54, 1.807) is 0 Å². The van der Waals surface area contributed by atoms with Gasteiger partial charge in [0.05, 0.1) is 18.9 Å². The molecule has 0 radical (unpaired) electrons. The van der Waals surface area contributed by atoms with E-state index < -0.39 is 45.0 Å². The second-order valence-electron chi connectivity index (χ2n) is 7.79. The maximum absolute atomic E-state index is 14.1. The highest BCUT2D eigenvalue weighted by Gasteiger charge is 2.22. The molecule has 8 nitrogen and oxygen atoms in total. The van der Waals surface area contributed by atoms with Gasteiger partial charge in [-0.05, 0) is 30.4 Å². The summed E-state index contributed by atoms with van der Waals surface area (Å²) < 4.78 is 67.2. The summed E-state index contributed by atoms with van der Waals surface area (Å²) >= 11 is 0. The van der Waals surface area contributed by atoms with Crippen molar-refractivity contribution in [2.45, 2.75) is 45.6 Å². The van der Waals surface area contributed by atoms with Gasteiger partial charge < -0.3 is 10.4 Å². The molecule has 1 aromatic heterocycles. The van der Waals surface area contributed by atoms with Crippen LogP contribution in [0.4, 0.5) is 25.1 Å². The van der Waals surface area contributed by atoms with Gasteiger partial charge in [0.15, 0.2) is 11.6 Å². The van der Waals surface area contributed by atoms with Crippen LogP contribution in [0.1, 0.15) is 44.5 Å². The fourth-order valence-corrected chi connectivity index (χ4v) is 3.51. The average Bonchev–Trinajstić information content (AvgIpc) is 2.62. The minimum atomic E-state index is -3.71. The molecule has 1 aromatic carbocycles. The molecule has 0 bridgehead atoms. The van der Waals surface area contributed by atoms with Crippen LogP contribution < -0.4 is 10.0 Å². The van der Waals surface area contributed by atoms with Crippen LogP contribution in [0.15, 0.2) is 12.1 Å². The number of anilines is 2. The highest BCUT2D eigenvalue weighted by atomic mass is 32.2. The first-order chi connectivity index (χ1) is 14.4. The largest absolute Gasteiger partial charge is 0.394 e. The van der Waals surface area contributed by atoms with Crippen LogP contribution in [-0.4, -0.2) is 47.4 Å². The van der Waals surface area contributed by atoms with Gasteiger partial charge in [-0.25, -0.2) is 21.6 Å². The van der Waals surface area contributed by atoms with Gasteiger partial charge in [0.25, 0.3) is 0 Å². The highest BCUT2D eigenvalue weighted by molar-refractivity contribution is 7.91. The summed E-state index contributed by atoms with van der Waals surface area (Å²) in [5.41, 5.74) is -0.458. The molecule has 31 heavy (non-hydrogen) atoms. The third-order valence-electron chi connectivity index (χ3n) is 4.33. The Bertz CT molecular complexity index is 1020. The normalized spacial score (nSPS) is 13.8. The zero-order valence-corrected chi connectivity index (χ0v) is 18.5. The van der Waals surface area contributed by atoms with Crippen LogP contribution in [0.5, 0.6) is 0 Å². The first-order valence-corrected chi connectivity index (χ1v) is 11.5. The lowest BCUT2D eigenvalue weighted by Gasteiger charge is -2.19. The van der Waals surface area contributed by atoms with Crippen molar-refractivity contribution in [1.29, 1.82) is 0 Å². The Labute approximate surface area is 179 Å². The molecular formula is C19H26F3N5O3S. The standard InChI is InChI=1S/C19H26F3N5O3S/c1-10(2)7-12(9-28)23-18-24-15(25-19(26-18)27-31(4,29)30)8-11(3)16-13(20)5-6-14(21)17(16)22/h5-6,10-12,28H,7-9H2,1-4H3,(H2,23,24,25,26,27)/t11-,12-/m1/s1. The van der Waals surface area contributed by atoms with Gasteiger partial charge in [-0.1, -0.05) is 20.8 Å². The zero-order valence-electron chi connectivity index (χ0n) is 17.7. The predicted molar refractivity (Wildman–Crippen MR) is 111 cm³/mol. The molecule has 0 aliphatic heterocycles. The fraction of sp³-hybridized carbons (Fsp3) is 0.526. The summed E-state index contributed by atoms with van der Waals surface area (Å²) in [5, 5.41) is 12.5. The van der Waals surface area contributed by atoms with Crippen molar-refractivity contribution in [3.8, 4) is 0 Å². The summed E-state index contributed by atoms with van der Waals surface area (Å²) in [7, 11) is -3.71. The molecule has 0 aliphatic carbocycles. The quantitative estimate of drug-likeness (QED) is 0.466. The maximum atomic E-state index is 14.1. The van der Waals surface area contributed by atoms with Gasteiger partial charge in [-0.15, -0.1) is 0 Å². The number of rotatable bonds is 10. The molecular weight excluding hydrogens is 435 g/mol. The van der Waals surface area contributed by atoms with E-state index in [1.165, 1.54) is 6.92 Å². The van der Waals surface area contributed by atoms with E-state index in [-0.39, 0.29) is 36.7 Å². The zero-order chi connectivity index (χ0) is 23.3. The Morgan fingerprint density at radius 3 is 2.23 bits per heavy atom. The molecule has 0 saturated heterocycles. The number of benzene rings is 1. The minimum Gasteiger partial charge on any atom is -0.394 e. The average molecular weight is 462 g/mol. The Kier molecular flexibility index (Phi) is 8.18. The molecule has 1 heterocycles. The Balaban J connectivity index is 2.39. The lowest BCUT2D eigenvalue weighted by molar-refractivity contribution is 0.259. The molecule has 2 rings (SSSR count). The summed E-state index contributed by atoms with van der Waals surface area (Å²) in [4.78, 5) is 12.2. The molecule has 0 spiro atoms.